The number of ether oxygens (including phenoxy) is 2. The number of nitro benzene ring substituents is 1. The number of para-hydroxylation sites is 1. The number of piperazine rings is 1. The molecule has 0 unspecified atom stereocenters. The fourth-order valence-electron chi connectivity index (χ4n) is 4.36. The van der Waals surface area contributed by atoms with Crippen molar-refractivity contribution < 1.29 is 27.6 Å². The van der Waals surface area contributed by atoms with Gasteiger partial charge in [-0.3, -0.25) is 15.0 Å². The van der Waals surface area contributed by atoms with Crippen LogP contribution in [0.5, 0.6) is 11.5 Å². The van der Waals surface area contributed by atoms with E-state index in [1.54, 1.807) is 11.0 Å². The van der Waals surface area contributed by atoms with Crippen LogP contribution in [0.25, 0.3) is 0 Å². The maximum atomic E-state index is 13.3. The van der Waals surface area contributed by atoms with Crippen LogP contribution in [0.3, 0.4) is 0 Å². The number of anilines is 1. The quantitative estimate of drug-likeness (QED) is 0.461. The van der Waals surface area contributed by atoms with Gasteiger partial charge in [0.15, 0.2) is 11.5 Å². The van der Waals surface area contributed by atoms with E-state index in [-0.39, 0.29) is 18.0 Å². The van der Waals surface area contributed by atoms with Gasteiger partial charge in [-0.15, -0.1) is 0 Å². The summed E-state index contributed by atoms with van der Waals surface area (Å²) in [6, 6.07) is 8.53. The highest BCUT2D eigenvalue weighted by Gasteiger charge is 2.36. The SMILES string of the molecule is CC1(C)Cc2cc([N+](=O)[O-])cc(OCCN3CCN(c4ccccc4C(F)(F)F)CC3)c2O1. The zero-order valence-electron chi connectivity index (χ0n) is 18.5. The van der Waals surface area contributed by atoms with E-state index < -0.39 is 22.3 Å². The van der Waals surface area contributed by atoms with Crippen molar-refractivity contribution in [3.63, 3.8) is 0 Å². The Morgan fingerprint density at radius 3 is 2.52 bits per heavy atom. The van der Waals surface area contributed by atoms with Crippen LogP contribution in [0.1, 0.15) is 25.0 Å². The Hall–Kier alpha value is -3.01. The predicted molar refractivity (Wildman–Crippen MR) is 117 cm³/mol. The van der Waals surface area contributed by atoms with Crippen LogP contribution in [0.2, 0.25) is 0 Å². The number of hydrogen-bond acceptors (Lipinski definition) is 6. The van der Waals surface area contributed by atoms with Crippen LogP contribution in [0, 0.1) is 10.1 Å². The maximum absolute atomic E-state index is 13.3. The lowest BCUT2D eigenvalue weighted by Gasteiger charge is -2.37. The second-order valence-electron chi connectivity index (χ2n) is 8.92. The molecule has 2 aromatic rings. The molecule has 2 aliphatic heterocycles. The molecule has 2 aliphatic rings. The first-order valence-electron chi connectivity index (χ1n) is 10.8. The van der Waals surface area contributed by atoms with Crippen molar-refractivity contribution in [2.75, 3.05) is 44.2 Å². The van der Waals surface area contributed by atoms with Gasteiger partial charge in [-0.2, -0.15) is 13.2 Å². The fraction of sp³-hybridized carbons (Fsp3) is 0.478. The summed E-state index contributed by atoms with van der Waals surface area (Å²) in [6.07, 6.45) is -3.83. The Balaban J connectivity index is 1.35. The number of halogens is 3. The highest BCUT2D eigenvalue weighted by Crippen LogP contribution is 2.44. The summed E-state index contributed by atoms with van der Waals surface area (Å²) in [5, 5.41) is 11.3. The monoisotopic (exact) mass is 465 g/mol. The Morgan fingerprint density at radius 1 is 1.15 bits per heavy atom. The number of non-ortho nitro benzene ring substituents is 1. The van der Waals surface area contributed by atoms with Crippen LogP contribution in [-0.4, -0.2) is 54.8 Å². The van der Waals surface area contributed by atoms with Crippen molar-refractivity contribution in [3.8, 4) is 11.5 Å². The minimum absolute atomic E-state index is 0.0398. The predicted octanol–water partition coefficient (Wildman–Crippen LogP) is 4.53. The number of alkyl halides is 3. The Kier molecular flexibility index (Phi) is 6.13. The molecule has 0 spiro atoms. The zero-order valence-corrected chi connectivity index (χ0v) is 18.5. The van der Waals surface area contributed by atoms with Gasteiger partial charge in [0.2, 0.25) is 0 Å². The van der Waals surface area contributed by atoms with Gasteiger partial charge in [0.25, 0.3) is 5.69 Å². The normalized spacial score (nSPS) is 18.0. The van der Waals surface area contributed by atoms with Gasteiger partial charge in [0, 0.05) is 56.5 Å². The average molecular weight is 465 g/mol. The van der Waals surface area contributed by atoms with Crippen molar-refractivity contribution in [2.24, 2.45) is 0 Å². The average Bonchev–Trinajstić information content (AvgIpc) is 3.07. The van der Waals surface area contributed by atoms with Crippen molar-refractivity contribution in [1.82, 2.24) is 4.90 Å². The summed E-state index contributed by atoms with van der Waals surface area (Å²) in [4.78, 5) is 14.7. The van der Waals surface area contributed by atoms with Gasteiger partial charge in [-0.1, -0.05) is 12.1 Å². The molecule has 1 fully saturated rings. The molecule has 1 saturated heterocycles. The van der Waals surface area contributed by atoms with Crippen molar-refractivity contribution in [2.45, 2.75) is 32.0 Å². The van der Waals surface area contributed by atoms with Crippen molar-refractivity contribution >= 4 is 11.4 Å². The van der Waals surface area contributed by atoms with Gasteiger partial charge in [0.05, 0.1) is 16.6 Å². The highest BCUT2D eigenvalue weighted by molar-refractivity contribution is 5.57. The van der Waals surface area contributed by atoms with E-state index in [2.05, 4.69) is 4.90 Å². The highest BCUT2D eigenvalue weighted by atomic mass is 19.4. The molecule has 0 bridgehead atoms. The molecular formula is C23H26F3N3O4. The number of fused-ring (bicyclic) bond motifs is 1. The molecule has 0 atom stereocenters. The van der Waals surface area contributed by atoms with Crippen molar-refractivity contribution in [1.29, 1.82) is 0 Å². The molecule has 0 radical (unpaired) electrons. The van der Waals surface area contributed by atoms with E-state index in [0.29, 0.717) is 50.6 Å². The summed E-state index contributed by atoms with van der Waals surface area (Å²) in [5.74, 6) is 0.890. The Bertz CT molecular complexity index is 1030. The second-order valence-corrected chi connectivity index (χ2v) is 8.92. The van der Waals surface area contributed by atoms with E-state index in [0.717, 1.165) is 11.6 Å². The molecule has 7 nitrogen and oxygen atoms in total. The third-order valence-electron chi connectivity index (χ3n) is 5.91. The van der Waals surface area contributed by atoms with Crippen LogP contribution >= 0.6 is 0 Å². The first-order valence-corrected chi connectivity index (χ1v) is 10.8. The molecule has 0 amide bonds. The number of benzene rings is 2. The second kappa shape index (κ2) is 8.74. The Labute approximate surface area is 189 Å². The molecule has 2 heterocycles. The van der Waals surface area contributed by atoms with E-state index in [1.165, 1.54) is 24.3 Å². The van der Waals surface area contributed by atoms with Gasteiger partial charge in [0.1, 0.15) is 12.2 Å². The third kappa shape index (κ3) is 5.16. The van der Waals surface area contributed by atoms with Crippen LogP contribution < -0.4 is 14.4 Å². The lowest BCUT2D eigenvalue weighted by molar-refractivity contribution is -0.385. The van der Waals surface area contributed by atoms with E-state index in [4.69, 9.17) is 9.47 Å². The number of nitrogens with zero attached hydrogens (tertiary/aromatic N) is 3. The summed E-state index contributed by atoms with van der Waals surface area (Å²) >= 11 is 0. The third-order valence-corrected chi connectivity index (χ3v) is 5.91. The number of hydrogen-bond donors (Lipinski definition) is 0. The van der Waals surface area contributed by atoms with Crippen LogP contribution in [-0.2, 0) is 12.6 Å². The molecule has 10 heteroatoms. The molecule has 178 valence electrons. The fourth-order valence-corrected chi connectivity index (χ4v) is 4.36. The summed E-state index contributed by atoms with van der Waals surface area (Å²) < 4.78 is 51.8. The first-order chi connectivity index (χ1) is 15.5. The number of nitro groups is 1. The summed E-state index contributed by atoms with van der Waals surface area (Å²) in [6.45, 7) is 6.79. The molecule has 0 aliphatic carbocycles. The zero-order chi connectivity index (χ0) is 23.8. The smallest absolute Gasteiger partial charge is 0.418 e. The molecule has 0 aromatic heterocycles. The molecule has 0 saturated carbocycles. The largest absolute Gasteiger partial charge is 0.488 e. The topological polar surface area (TPSA) is 68.1 Å². The van der Waals surface area contributed by atoms with Gasteiger partial charge >= 0.3 is 6.18 Å². The Morgan fingerprint density at radius 2 is 1.85 bits per heavy atom. The number of rotatable bonds is 6. The standard InChI is InChI=1S/C23H26F3N3O4/c1-22(2)15-16-13-17(29(30)31)14-20(21(16)33-22)32-12-11-27-7-9-28(10-8-27)19-6-4-3-5-18(19)23(24,25)26/h3-6,13-14H,7-12,15H2,1-2H3. The van der Waals surface area contributed by atoms with Gasteiger partial charge < -0.3 is 14.4 Å². The van der Waals surface area contributed by atoms with Crippen LogP contribution in [0.4, 0.5) is 24.5 Å². The summed E-state index contributed by atoms with van der Waals surface area (Å²) in [5.41, 5.74) is -0.168. The molecule has 2 aromatic carbocycles. The minimum Gasteiger partial charge on any atom is -0.488 e. The minimum atomic E-state index is -4.39. The van der Waals surface area contributed by atoms with Gasteiger partial charge in [-0.25, -0.2) is 0 Å². The first kappa shape index (κ1) is 23.2. The molecule has 4 rings (SSSR count). The molecule has 0 N–H and O–H groups in total. The maximum Gasteiger partial charge on any atom is 0.418 e. The molecular weight excluding hydrogens is 439 g/mol. The lowest BCUT2D eigenvalue weighted by Crippen LogP contribution is -2.48. The van der Waals surface area contributed by atoms with E-state index in [9.17, 15) is 23.3 Å². The lowest BCUT2D eigenvalue weighted by atomic mass is 10.0. The van der Waals surface area contributed by atoms with E-state index in [1.807, 2.05) is 13.8 Å². The van der Waals surface area contributed by atoms with Crippen LogP contribution in [0.15, 0.2) is 36.4 Å². The molecule has 33 heavy (non-hydrogen) atoms. The summed E-state index contributed by atoms with van der Waals surface area (Å²) in [7, 11) is 0. The van der Waals surface area contributed by atoms with Crippen molar-refractivity contribution in [3.05, 3.63) is 57.6 Å². The van der Waals surface area contributed by atoms with E-state index >= 15 is 0 Å². The van der Waals surface area contributed by atoms with Gasteiger partial charge in [-0.05, 0) is 26.0 Å².